The molecule has 0 radical (unpaired) electrons. The first-order chi connectivity index (χ1) is 7.77. The normalized spacial score (nSPS) is 13.3. The predicted octanol–water partition coefficient (Wildman–Crippen LogP) is 3.75. The minimum atomic E-state index is -0.728. The molecule has 1 aromatic rings. The molecule has 0 aliphatic rings. The summed E-state index contributed by atoms with van der Waals surface area (Å²) in [6, 6.07) is 6.00. The lowest BCUT2D eigenvalue weighted by Crippen LogP contribution is -2.14. The molecule has 0 heterocycles. The summed E-state index contributed by atoms with van der Waals surface area (Å²) in [4.78, 5) is 11.4. The van der Waals surface area contributed by atoms with E-state index < -0.39 is 11.3 Å². The molecule has 3 heteroatoms. The van der Waals surface area contributed by atoms with Gasteiger partial charge in [-0.1, -0.05) is 39.0 Å². The number of aryl methyl sites for hydroxylation is 1. The van der Waals surface area contributed by atoms with Gasteiger partial charge < -0.3 is 4.74 Å². The van der Waals surface area contributed by atoms with Crippen LogP contribution in [0.5, 0.6) is 0 Å². The van der Waals surface area contributed by atoms with E-state index in [0.29, 0.717) is 0 Å². The molecule has 17 heavy (non-hydrogen) atoms. The van der Waals surface area contributed by atoms with Crippen LogP contribution in [0.1, 0.15) is 42.8 Å². The molecular formula is C14H19ClO2. The molecule has 94 valence electrons. The van der Waals surface area contributed by atoms with Gasteiger partial charge in [0.25, 0.3) is 0 Å². The van der Waals surface area contributed by atoms with Crippen LogP contribution in [0.25, 0.3) is 0 Å². The quantitative estimate of drug-likeness (QED) is 0.594. The van der Waals surface area contributed by atoms with Crippen LogP contribution in [0.15, 0.2) is 18.2 Å². The van der Waals surface area contributed by atoms with Crippen molar-refractivity contribution < 1.29 is 9.53 Å². The van der Waals surface area contributed by atoms with Crippen molar-refractivity contribution in [3.63, 3.8) is 0 Å². The Bertz CT molecular complexity index is 419. The molecule has 1 unspecified atom stereocenters. The summed E-state index contributed by atoms with van der Waals surface area (Å²) in [6.45, 7) is 8.42. The molecule has 0 aromatic heterocycles. The van der Waals surface area contributed by atoms with Gasteiger partial charge in [0.15, 0.2) is 5.38 Å². The molecule has 0 aliphatic carbocycles. The highest BCUT2D eigenvalue weighted by Gasteiger charge is 2.22. The zero-order valence-electron chi connectivity index (χ0n) is 11.0. The van der Waals surface area contributed by atoms with Crippen LogP contribution in [0.4, 0.5) is 0 Å². The fraction of sp³-hybridized carbons (Fsp3) is 0.500. The maximum absolute atomic E-state index is 11.4. The van der Waals surface area contributed by atoms with Crippen LogP contribution in [-0.2, 0) is 14.9 Å². The third-order valence-corrected chi connectivity index (χ3v) is 3.23. The number of hydrogen-bond acceptors (Lipinski definition) is 2. The van der Waals surface area contributed by atoms with Gasteiger partial charge in [0, 0.05) is 0 Å². The highest BCUT2D eigenvalue weighted by molar-refractivity contribution is 6.30. The van der Waals surface area contributed by atoms with Gasteiger partial charge in [-0.3, -0.25) is 4.79 Å². The van der Waals surface area contributed by atoms with Crippen molar-refractivity contribution in [3.8, 4) is 0 Å². The minimum Gasteiger partial charge on any atom is -0.468 e. The lowest BCUT2D eigenvalue weighted by Gasteiger charge is -2.21. The lowest BCUT2D eigenvalue weighted by molar-refractivity contribution is -0.140. The van der Waals surface area contributed by atoms with Gasteiger partial charge in [0.05, 0.1) is 7.11 Å². The monoisotopic (exact) mass is 254 g/mol. The van der Waals surface area contributed by atoms with Gasteiger partial charge in [0.2, 0.25) is 0 Å². The molecule has 0 spiro atoms. The van der Waals surface area contributed by atoms with Gasteiger partial charge in [0.1, 0.15) is 0 Å². The molecule has 0 saturated heterocycles. The average molecular weight is 255 g/mol. The summed E-state index contributed by atoms with van der Waals surface area (Å²) in [6.07, 6.45) is 0. The molecule has 2 nitrogen and oxygen atoms in total. The number of carbonyl (C=O) groups excluding carboxylic acids is 1. The van der Waals surface area contributed by atoms with Crippen molar-refractivity contribution in [3.05, 3.63) is 34.9 Å². The maximum atomic E-state index is 11.4. The summed E-state index contributed by atoms with van der Waals surface area (Å²) in [7, 11) is 1.34. The standard InChI is InChI=1S/C14H19ClO2/c1-9-8-10(14(2,3)4)6-7-11(9)12(15)13(16)17-5/h6-8,12H,1-5H3. The van der Waals surface area contributed by atoms with Crippen molar-refractivity contribution in [1.82, 2.24) is 0 Å². The van der Waals surface area contributed by atoms with Crippen LogP contribution in [0.2, 0.25) is 0 Å². The van der Waals surface area contributed by atoms with E-state index in [1.165, 1.54) is 12.7 Å². The number of halogens is 1. The van der Waals surface area contributed by atoms with Crippen LogP contribution in [0.3, 0.4) is 0 Å². The van der Waals surface area contributed by atoms with Crippen LogP contribution >= 0.6 is 11.6 Å². The summed E-state index contributed by atoms with van der Waals surface area (Å²) >= 11 is 6.05. The Kier molecular flexibility index (Phi) is 4.21. The number of benzene rings is 1. The zero-order valence-corrected chi connectivity index (χ0v) is 11.8. The summed E-state index contributed by atoms with van der Waals surface area (Å²) in [5.41, 5.74) is 3.15. The molecule has 0 saturated carbocycles. The number of methoxy groups -OCH3 is 1. The SMILES string of the molecule is COC(=O)C(Cl)c1ccc(C(C)(C)C)cc1C. The Hall–Kier alpha value is -1.02. The van der Waals surface area contributed by atoms with E-state index in [1.807, 2.05) is 19.1 Å². The molecule has 0 amide bonds. The predicted molar refractivity (Wildman–Crippen MR) is 70.5 cm³/mol. The average Bonchev–Trinajstić information content (AvgIpc) is 2.25. The van der Waals surface area contributed by atoms with E-state index in [4.69, 9.17) is 11.6 Å². The Morgan fingerprint density at radius 3 is 2.35 bits per heavy atom. The maximum Gasteiger partial charge on any atom is 0.328 e. The molecular weight excluding hydrogens is 236 g/mol. The second-order valence-electron chi connectivity index (χ2n) is 5.21. The van der Waals surface area contributed by atoms with E-state index >= 15 is 0 Å². The van der Waals surface area contributed by atoms with Gasteiger partial charge in [-0.15, -0.1) is 11.6 Å². The second-order valence-corrected chi connectivity index (χ2v) is 5.64. The molecule has 0 fully saturated rings. The number of alkyl halides is 1. The summed E-state index contributed by atoms with van der Waals surface area (Å²) in [5, 5.41) is -0.728. The fourth-order valence-corrected chi connectivity index (χ4v) is 1.99. The Morgan fingerprint density at radius 1 is 1.35 bits per heavy atom. The highest BCUT2D eigenvalue weighted by atomic mass is 35.5. The smallest absolute Gasteiger partial charge is 0.328 e. The van der Waals surface area contributed by atoms with Crippen molar-refractivity contribution in [1.29, 1.82) is 0 Å². The zero-order chi connectivity index (χ0) is 13.2. The van der Waals surface area contributed by atoms with Crippen molar-refractivity contribution in [2.24, 2.45) is 0 Å². The van der Waals surface area contributed by atoms with Crippen LogP contribution in [-0.4, -0.2) is 13.1 Å². The molecule has 1 atom stereocenters. The number of carbonyl (C=O) groups is 1. The lowest BCUT2D eigenvalue weighted by atomic mass is 9.85. The third-order valence-electron chi connectivity index (χ3n) is 2.82. The fourth-order valence-electron chi connectivity index (χ4n) is 1.66. The van der Waals surface area contributed by atoms with E-state index in [0.717, 1.165) is 11.1 Å². The van der Waals surface area contributed by atoms with Crippen LogP contribution < -0.4 is 0 Å². The first kappa shape index (κ1) is 14.0. The molecule has 0 aliphatic heterocycles. The highest BCUT2D eigenvalue weighted by Crippen LogP contribution is 2.29. The van der Waals surface area contributed by atoms with Gasteiger partial charge in [-0.25, -0.2) is 0 Å². The second kappa shape index (κ2) is 5.09. The molecule has 0 N–H and O–H groups in total. The molecule has 1 aromatic carbocycles. The Balaban J connectivity index is 3.10. The van der Waals surface area contributed by atoms with E-state index in [2.05, 4.69) is 31.6 Å². The number of hydrogen-bond donors (Lipinski definition) is 0. The van der Waals surface area contributed by atoms with Crippen molar-refractivity contribution in [2.75, 3.05) is 7.11 Å². The van der Waals surface area contributed by atoms with Gasteiger partial charge >= 0.3 is 5.97 Å². The largest absolute Gasteiger partial charge is 0.468 e. The van der Waals surface area contributed by atoms with Gasteiger partial charge in [-0.05, 0) is 29.0 Å². The third kappa shape index (κ3) is 3.22. The number of ether oxygens (including phenoxy) is 1. The Morgan fingerprint density at radius 2 is 1.94 bits per heavy atom. The summed E-state index contributed by atoms with van der Waals surface area (Å²) in [5.74, 6) is -0.418. The van der Waals surface area contributed by atoms with E-state index in [9.17, 15) is 4.79 Å². The Labute approximate surface area is 108 Å². The molecule has 0 bridgehead atoms. The first-order valence-electron chi connectivity index (χ1n) is 5.60. The van der Waals surface area contributed by atoms with Crippen molar-refractivity contribution >= 4 is 17.6 Å². The van der Waals surface area contributed by atoms with E-state index in [1.54, 1.807) is 0 Å². The summed E-state index contributed by atoms with van der Waals surface area (Å²) < 4.78 is 4.65. The van der Waals surface area contributed by atoms with Crippen molar-refractivity contribution in [2.45, 2.75) is 38.5 Å². The number of rotatable bonds is 2. The minimum absolute atomic E-state index is 0.0936. The van der Waals surface area contributed by atoms with Crippen LogP contribution in [0, 0.1) is 6.92 Å². The molecule has 1 rings (SSSR count). The number of esters is 1. The van der Waals surface area contributed by atoms with E-state index in [-0.39, 0.29) is 5.41 Å². The van der Waals surface area contributed by atoms with Gasteiger partial charge in [-0.2, -0.15) is 0 Å². The first-order valence-corrected chi connectivity index (χ1v) is 6.04. The topological polar surface area (TPSA) is 26.3 Å².